The van der Waals surface area contributed by atoms with Gasteiger partial charge in [-0.3, -0.25) is 4.79 Å². The highest BCUT2D eigenvalue weighted by atomic mass is 16.3. The molecule has 0 unspecified atom stereocenters. The molecule has 0 atom stereocenters. The predicted octanol–water partition coefficient (Wildman–Crippen LogP) is 0.602. The van der Waals surface area contributed by atoms with Crippen LogP contribution in [0.3, 0.4) is 0 Å². The van der Waals surface area contributed by atoms with Crippen LogP contribution in [-0.4, -0.2) is 10.1 Å². The minimum atomic E-state index is -1.06. The third-order valence-electron chi connectivity index (χ3n) is 1.48. The third-order valence-corrected chi connectivity index (χ3v) is 1.48. The highest BCUT2D eigenvalue weighted by Gasteiger charge is 2.18. The van der Waals surface area contributed by atoms with Gasteiger partial charge in [0.1, 0.15) is 0 Å². The van der Waals surface area contributed by atoms with Gasteiger partial charge >= 0.3 is 0 Å². The average molecular weight is 153 g/mol. The summed E-state index contributed by atoms with van der Waals surface area (Å²) in [5.74, 6) is 0. The zero-order valence-corrected chi connectivity index (χ0v) is 6.59. The van der Waals surface area contributed by atoms with Crippen LogP contribution in [0.1, 0.15) is 19.4 Å². The molecule has 1 aromatic heterocycles. The van der Waals surface area contributed by atoms with Gasteiger partial charge in [0.15, 0.2) is 0 Å². The molecule has 0 aliphatic rings. The summed E-state index contributed by atoms with van der Waals surface area (Å²) >= 11 is 0. The maximum absolute atomic E-state index is 11.1. The molecule has 0 radical (unpaired) electrons. The fourth-order valence-corrected chi connectivity index (χ4v) is 0.903. The van der Waals surface area contributed by atoms with E-state index in [4.69, 9.17) is 0 Å². The fourth-order valence-electron chi connectivity index (χ4n) is 0.903. The lowest BCUT2D eigenvalue weighted by Crippen LogP contribution is -2.26. The van der Waals surface area contributed by atoms with Gasteiger partial charge in [0, 0.05) is 11.8 Å². The quantitative estimate of drug-likeness (QED) is 0.620. The maximum atomic E-state index is 11.1. The Balaban J connectivity index is 3.26. The summed E-state index contributed by atoms with van der Waals surface area (Å²) in [6.07, 6.45) is 1.54. The number of hydrogen-bond donors (Lipinski definition) is 2. The lowest BCUT2D eigenvalue weighted by molar-refractivity contribution is 0.0770. The SMILES string of the molecule is CC(C)(O)c1ccc[nH]c1=O. The van der Waals surface area contributed by atoms with Gasteiger partial charge in [-0.25, -0.2) is 0 Å². The number of hydrogen-bond acceptors (Lipinski definition) is 2. The summed E-state index contributed by atoms with van der Waals surface area (Å²) < 4.78 is 0. The third kappa shape index (κ3) is 1.68. The molecule has 0 saturated carbocycles. The van der Waals surface area contributed by atoms with E-state index in [-0.39, 0.29) is 5.56 Å². The molecule has 0 aliphatic carbocycles. The van der Waals surface area contributed by atoms with Gasteiger partial charge in [0.2, 0.25) is 0 Å². The Kier molecular flexibility index (Phi) is 1.83. The number of rotatable bonds is 1. The molecule has 0 fully saturated rings. The van der Waals surface area contributed by atoms with E-state index >= 15 is 0 Å². The van der Waals surface area contributed by atoms with Crippen LogP contribution < -0.4 is 5.56 Å². The van der Waals surface area contributed by atoms with Crippen LogP contribution in [0.15, 0.2) is 23.1 Å². The van der Waals surface area contributed by atoms with Crippen molar-refractivity contribution in [1.82, 2.24) is 4.98 Å². The van der Waals surface area contributed by atoms with Crippen molar-refractivity contribution in [2.75, 3.05) is 0 Å². The van der Waals surface area contributed by atoms with E-state index in [0.29, 0.717) is 5.56 Å². The summed E-state index contributed by atoms with van der Waals surface area (Å²) in [5, 5.41) is 9.45. The molecule has 0 aliphatic heterocycles. The second-order valence-electron chi connectivity index (χ2n) is 2.97. The molecule has 0 spiro atoms. The zero-order valence-electron chi connectivity index (χ0n) is 6.59. The first-order valence-corrected chi connectivity index (χ1v) is 3.42. The van der Waals surface area contributed by atoms with Gasteiger partial charge in [0.25, 0.3) is 5.56 Å². The first-order chi connectivity index (χ1) is 5.02. The van der Waals surface area contributed by atoms with E-state index in [1.54, 1.807) is 26.0 Å². The van der Waals surface area contributed by atoms with Crippen LogP contribution >= 0.6 is 0 Å². The van der Waals surface area contributed by atoms with E-state index in [1.807, 2.05) is 0 Å². The predicted molar refractivity (Wildman–Crippen MR) is 42.3 cm³/mol. The lowest BCUT2D eigenvalue weighted by atomic mass is 10.0. The van der Waals surface area contributed by atoms with Crippen molar-refractivity contribution < 1.29 is 5.11 Å². The van der Waals surface area contributed by atoms with Crippen LogP contribution in [0.25, 0.3) is 0 Å². The fraction of sp³-hybridized carbons (Fsp3) is 0.375. The molecule has 3 nitrogen and oxygen atoms in total. The van der Waals surface area contributed by atoms with E-state index < -0.39 is 5.60 Å². The van der Waals surface area contributed by atoms with E-state index in [1.165, 1.54) is 6.20 Å². The lowest BCUT2D eigenvalue weighted by Gasteiger charge is -2.15. The highest BCUT2D eigenvalue weighted by Crippen LogP contribution is 2.13. The largest absolute Gasteiger partial charge is 0.386 e. The minimum Gasteiger partial charge on any atom is -0.386 e. The molecule has 60 valence electrons. The number of aliphatic hydroxyl groups is 1. The van der Waals surface area contributed by atoms with Crippen molar-refractivity contribution in [2.45, 2.75) is 19.4 Å². The second kappa shape index (κ2) is 2.51. The molecule has 0 amide bonds. The summed E-state index contributed by atoms with van der Waals surface area (Å²) in [5.41, 5.74) is -0.908. The number of aromatic amines is 1. The molecule has 2 N–H and O–H groups in total. The summed E-state index contributed by atoms with van der Waals surface area (Å²) in [4.78, 5) is 13.5. The monoisotopic (exact) mass is 153 g/mol. The maximum Gasteiger partial charge on any atom is 0.254 e. The van der Waals surface area contributed by atoms with Gasteiger partial charge in [-0.05, 0) is 26.0 Å². The van der Waals surface area contributed by atoms with Crippen molar-refractivity contribution in [1.29, 1.82) is 0 Å². The van der Waals surface area contributed by atoms with Crippen LogP contribution in [-0.2, 0) is 5.60 Å². The van der Waals surface area contributed by atoms with E-state index in [2.05, 4.69) is 4.98 Å². The Morgan fingerprint density at radius 2 is 2.18 bits per heavy atom. The molecule has 1 heterocycles. The smallest absolute Gasteiger partial charge is 0.254 e. The van der Waals surface area contributed by atoms with Gasteiger partial charge < -0.3 is 10.1 Å². The molecule has 3 heteroatoms. The topological polar surface area (TPSA) is 53.1 Å². The molecular formula is C8H11NO2. The highest BCUT2D eigenvalue weighted by molar-refractivity contribution is 5.15. The first-order valence-electron chi connectivity index (χ1n) is 3.42. The molecule has 0 bridgehead atoms. The Labute approximate surface area is 64.7 Å². The Hall–Kier alpha value is -1.09. The average Bonchev–Trinajstić information content (AvgIpc) is 1.86. The van der Waals surface area contributed by atoms with Crippen LogP contribution in [0.5, 0.6) is 0 Å². The van der Waals surface area contributed by atoms with Crippen LogP contribution in [0.2, 0.25) is 0 Å². The van der Waals surface area contributed by atoms with Gasteiger partial charge in [-0.2, -0.15) is 0 Å². The minimum absolute atomic E-state index is 0.236. The summed E-state index contributed by atoms with van der Waals surface area (Å²) in [6.45, 7) is 3.16. The standard InChI is InChI=1S/C8H11NO2/c1-8(2,11)6-4-3-5-9-7(6)10/h3-5,11H,1-2H3,(H,9,10). The molecule has 0 aromatic carbocycles. The van der Waals surface area contributed by atoms with Gasteiger partial charge in [0.05, 0.1) is 5.60 Å². The van der Waals surface area contributed by atoms with Crippen LogP contribution in [0, 0.1) is 0 Å². The van der Waals surface area contributed by atoms with Gasteiger partial charge in [-0.15, -0.1) is 0 Å². The molecule has 11 heavy (non-hydrogen) atoms. The van der Waals surface area contributed by atoms with Crippen LogP contribution in [0.4, 0.5) is 0 Å². The number of H-pyrrole nitrogens is 1. The Morgan fingerprint density at radius 3 is 2.55 bits per heavy atom. The van der Waals surface area contributed by atoms with E-state index in [9.17, 15) is 9.90 Å². The summed E-state index contributed by atoms with van der Waals surface area (Å²) in [6, 6.07) is 3.30. The zero-order chi connectivity index (χ0) is 8.48. The second-order valence-corrected chi connectivity index (χ2v) is 2.97. The summed E-state index contributed by atoms with van der Waals surface area (Å²) in [7, 11) is 0. The molecule has 1 aromatic rings. The van der Waals surface area contributed by atoms with Crippen molar-refractivity contribution in [3.05, 3.63) is 34.2 Å². The van der Waals surface area contributed by atoms with Crippen molar-refractivity contribution in [3.63, 3.8) is 0 Å². The Morgan fingerprint density at radius 1 is 1.55 bits per heavy atom. The number of nitrogens with one attached hydrogen (secondary N) is 1. The van der Waals surface area contributed by atoms with Crippen molar-refractivity contribution in [3.8, 4) is 0 Å². The molecule has 1 rings (SSSR count). The normalized spacial score (nSPS) is 11.5. The van der Waals surface area contributed by atoms with Crippen molar-refractivity contribution >= 4 is 0 Å². The van der Waals surface area contributed by atoms with Gasteiger partial charge in [-0.1, -0.05) is 0 Å². The van der Waals surface area contributed by atoms with Crippen molar-refractivity contribution in [2.24, 2.45) is 0 Å². The number of aromatic nitrogens is 1. The Bertz CT molecular complexity index is 295. The molecular weight excluding hydrogens is 142 g/mol. The molecule has 0 saturated heterocycles. The first kappa shape index (κ1) is 8.01. The number of pyridine rings is 1. The van der Waals surface area contributed by atoms with E-state index in [0.717, 1.165) is 0 Å².